The molecule has 3 unspecified atom stereocenters. The van der Waals surface area contributed by atoms with Crippen LogP contribution >= 0.6 is 11.8 Å². The maximum Gasteiger partial charge on any atom is 0.241 e. The Balaban J connectivity index is 1.85. The van der Waals surface area contributed by atoms with Gasteiger partial charge >= 0.3 is 0 Å². The summed E-state index contributed by atoms with van der Waals surface area (Å²) >= 11 is 1.73. The highest BCUT2D eigenvalue weighted by atomic mass is 32.2. The van der Waals surface area contributed by atoms with E-state index in [2.05, 4.69) is 35.8 Å². The number of nitrogens with one attached hydrogen (secondary N) is 1. The van der Waals surface area contributed by atoms with Gasteiger partial charge in [0.2, 0.25) is 5.91 Å². The minimum absolute atomic E-state index is 0.0323. The molecule has 2 aliphatic heterocycles. The van der Waals surface area contributed by atoms with Crippen LogP contribution in [0, 0.1) is 0 Å². The first-order valence-electron chi connectivity index (χ1n) is 7.50. The number of carbonyl (C=O) groups is 1. The fraction of sp³-hybridized carbons (Fsp3) is 0.562. The van der Waals surface area contributed by atoms with Crippen molar-refractivity contribution in [2.45, 2.75) is 42.9 Å². The van der Waals surface area contributed by atoms with Crippen molar-refractivity contribution in [2.75, 3.05) is 19.5 Å². The van der Waals surface area contributed by atoms with Crippen LogP contribution in [-0.2, 0) is 9.53 Å². The van der Waals surface area contributed by atoms with Crippen molar-refractivity contribution in [3.63, 3.8) is 0 Å². The Kier molecular flexibility index (Phi) is 4.52. The van der Waals surface area contributed by atoms with E-state index in [1.807, 2.05) is 11.8 Å². The van der Waals surface area contributed by atoms with Crippen molar-refractivity contribution >= 4 is 17.7 Å². The predicted molar refractivity (Wildman–Crippen MR) is 84.2 cm³/mol. The summed E-state index contributed by atoms with van der Waals surface area (Å²) in [6, 6.07) is 8.53. The minimum Gasteiger partial charge on any atom is -0.379 e. The molecular formula is C16H22N2O2S. The lowest BCUT2D eigenvalue weighted by Gasteiger charge is -2.35. The molecule has 0 spiro atoms. The Morgan fingerprint density at radius 3 is 2.71 bits per heavy atom. The van der Waals surface area contributed by atoms with Crippen molar-refractivity contribution in [1.82, 2.24) is 10.2 Å². The topological polar surface area (TPSA) is 41.6 Å². The summed E-state index contributed by atoms with van der Waals surface area (Å²) < 4.78 is 5.57. The van der Waals surface area contributed by atoms with Crippen molar-refractivity contribution in [3.05, 3.63) is 29.8 Å². The van der Waals surface area contributed by atoms with Crippen LogP contribution in [0.4, 0.5) is 0 Å². The van der Waals surface area contributed by atoms with E-state index in [0.717, 1.165) is 25.0 Å². The van der Waals surface area contributed by atoms with E-state index in [1.165, 1.54) is 4.90 Å². The summed E-state index contributed by atoms with van der Waals surface area (Å²) in [7, 11) is 0. The van der Waals surface area contributed by atoms with Crippen molar-refractivity contribution < 1.29 is 9.53 Å². The molecule has 2 aliphatic rings. The summed E-state index contributed by atoms with van der Waals surface area (Å²) in [6.45, 7) is 3.41. The fourth-order valence-electron chi connectivity index (χ4n) is 3.12. The highest BCUT2D eigenvalue weighted by molar-refractivity contribution is 7.98. The lowest BCUT2D eigenvalue weighted by Crippen LogP contribution is -2.44. The molecule has 1 N–H and O–H groups in total. The number of rotatable bonds is 3. The Morgan fingerprint density at radius 1 is 1.33 bits per heavy atom. The average Bonchev–Trinajstić information content (AvgIpc) is 2.84. The van der Waals surface area contributed by atoms with Gasteiger partial charge in [-0.1, -0.05) is 12.1 Å². The van der Waals surface area contributed by atoms with Crippen LogP contribution in [0.25, 0.3) is 0 Å². The molecule has 0 aliphatic carbocycles. The molecule has 114 valence electrons. The quantitative estimate of drug-likeness (QED) is 0.871. The predicted octanol–water partition coefficient (Wildman–Crippen LogP) is 2.41. The highest BCUT2D eigenvalue weighted by Gasteiger charge is 2.41. The third-order valence-electron chi connectivity index (χ3n) is 4.27. The van der Waals surface area contributed by atoms with Gasteiger partial charge in [-0.2, -0.15) is 0 Å². The number of hydrogen-bond donors (Lipinski definition) is 1. The van der Waals surface area contributed by atoms with Crippen molar-refractivity contribution in [2.24, 2.45) is 0 Å². The van der Waals surface area contributed by atoms with Gasteiger partial charge in [0.1, 0.15) is 6.17 Å². The number of thioether (sulfide) groups is 1. The average molecular weight is 306 g/mol. The van der Waals surface area contributed by atoms with E-state index < -0.39 is 0 Å². The van der Waals surface area contributed by atoms with Crippen molar-refractivity contribution in [3.8, 4) is 0 Å². The first-order chi connectivity index (χ1) is 10.2. The van der Waals surface area contributed by atoms with Crippen LogP contribution in [0.5, 0.6) is 0 Å². The highest BCUT2D eigenvalue weighted by Crippen LogP contribution is 2.31. The molecule has 5 heteroatoms. The standard InChI is InChI=1S/C16H22N2O2S/c1-11-16(19)18(13-4-3-9-20-10-13)15(17-11)12-5-7-14(21-2)8-6-12/h5-8,11,13,15,17H,3-4,9-10H2,1-2H3. The van der Waals surface area contributed by atoms with Gasteiger partial charge in [0.15, 0.2) is 0 Å². The fourth-order valence-corrected chi connectivity index (χ4v) is 3.52. The van der Waals surface area contributed by atoms with Gasteiger partial charge in [0.05, 0.1) is 18.7 Å². The number of ether oxygens (including phenoxy) is 1. The van der Waals surface area contributed by atoms with Crippen molar-refractivity contribution in [1.29, 1.82) is 0 Å². The second-order valence-corrected chi connectivity index (χ2v) is 6.56. The summed E-state index contributed by atoms with van der Waals surface area (Å²) in [4.78, 5) is 15.8. The third kappa shape index (κ3) is 2.96. The Bertz CT molecular complexity index is 500. The van der Waals surface area contributed by atoms with Gasteiger partial charge in [0, 0.05) is 11.5 Å². The summed E-state index contributed by atoms with van der Waals surface area (Å²) in [6.07, 6.45) is 4.09. The summed E-state index contributed by atoms with van der Waals surface area (Å²) in [5, 5.41) is 3.42. The second-order valence-electron chi connectivity index (χ2n) is 5.68. The molecule has 3 rings (SSSR count). The van der Waals surface area contributed by atoms with Crippen LogP contribution in [0.3, 0.4) is 0 Å². The normalized spacial score (nSPS) is 29.9. The molecule has 0 aromatic heterocycles. The lowest BCUT2D eigenvalue weighted by molar-refractivity contribution is -0.135. The SMILES string of the molecule is CSc1ccc(C2NC(C)C(=O)N2C2CCCOC2)cc1. The van der Waals surface area contributed by atoms with Crippen LogP contribution in [-0.4, -0.2) is 42.4 Å². The van der Waals surface area contributed by atoms with Crippen LogP contribution in [0.1, 0.15) is 31.5 Å². The van der Waals surface area contributed by atoms with Crippen LogP contribution in [0.15, 0.2) is 29.2 Å². The number of nitrogens with zero attached hydrogens (tertiary/aromatic N) is 1. The van der Waals surface area contributed by atoms with Crippen LogP contribution < -0.4 is 5.32 Å². The molecule has 2 heterocycles. The number of benzene rings is 1. The van der Waals surface area contributed by atoms with Gasteiger partial charge in [-0.05, 0) is 43.7 Å². The molecule has 2 fully saturated rings. The smallest absolute Gasteiger partial charge is 0.241 e. The molecule has 0 saturated carbocycles. The zero-order valence-electron chi connectivity index (χ0n) is 12.5. The molecule has 4 nitrogen and oxygen atoms in total. The number of carbonyl (C=O) groups excluding carboxylic acids is 1. The van der Waals surface area contributed by atoms with Gasteiger partial charge in [-0.15, -0.1) is 11.8 Å². The van der Waals surface area contributed by atoms with E-state index in [1.54, 1.807) is 11.8 Å². The van der Waals surface area contributed by atoms with E-state index in [9.17, 15) is 4.79 Å². The molecule has 0 bridgehead atoms. The molecule has 3 atom stereocenters. The first-order valence-corrected chi connectivity index (χ1v) is 8.73. The Labute approximate surface area is 130 Å². The molecule has 21 heavy (non-hydrogen) atoms. The maximum atomic E-state index is 12.5. The summed E-state index contributed by atoms with van der Waals surface area (Å²) in [5.41, 5.74) is 1.15. The third-order valence-corrected chi connectivity index (χ3v) is 5.02. The molecule has 1 aromatic carbocycles. The zero-order chi connectivity index (χ0) is 14.8. The first kappa shape index (κ1) is 14.9. The van der Waals surface area contributed by atoms with Crippen LogP contribution in [0.2, 0.25) is 0 Å². The van der Waals surface area contributed by atoms with E-state index in [4.69, 9.17) is 4.74 Å². The number of hydrogen-bond acceptors (Lipinski definition) is 4. The molecule has 2 saturated heterocycles. The van der Waals surface area contributed by atoms with Gasteiger partial charge < -0.3 is 9.64 Å². The lowest BCUT2D eigenvalue weighted by atomic mass is 10.1. The maximum absolute atomic E-state index is 12.5. The van der Waals surface area contributed by atoms with Gasteiger partial charge in [0.25, 0.3) is 0 Å². The van der Waals surface area contributed by atoms with E-state index in [0.29, 0.717) is 6.61 Å². The Hall–Kier alpha value is -1.04. The minimum atomic E-state index is -0.128. The molecule has 0 radical (unpaired) electrons. The summed E-state index contributed by atoms with van der Waals surface area (Å²) in [5.74, 6) is 0.185. The van der Waals surface area contributed by atoms with Gasteiger partial charge in [-0.3, -0.25) is 10.1 Å². The monoisotopic (exact) mass is 306 g/mol. The molecule has 1 amide bonds. The number of amides is 1. The van der Waals surface area contributed by atoms with Gasteiger partial charge in [-0.25, -0.2) is 0 Å². The zero-order valence-corrected chi connectivity index (χ0v) is 13.4. The largest absolute Gasteiger partial charge is 0.379 e. The van der Waals surface area contributed by atoms with E-state index in [-0.39, 0.29) is 24.2 Å². The molecular weight excluding hydrogens is 284 g/mol. The Morgan fingerprint density at radius 2 is 2.10 bits per heavy atom. The molecule has 1 aromatic rings. The van der Waals surface area contributed by atoms with E-state index >= 15 is 0 Å². The second kappa shape index (κ2) is 6.38.